The van der Waals surface area contributed by atoms with Gasteiger partial charge in [0.1, 0.15) is 23.7 Å². The summed E-state index contributed by atoms with van der Waals surface area (Å²) in [4.78, 5) is 12.3. The minimum Gasteiger partial charge on any atom is -0.497 e. The van der Waals surface area contributed by atoms with Crippen molar-refractivity contribution in [1.29, 1.82) is 0 Å². The highest BCUT2D eigenvalue weighted by Crippen LogP contribution is 2.47. The number of anilines is 1. The second-order valence-electron chi connectivity index (χ2n) is 8.49. The first kappa shape index (κ1) is 24.3. The lowest BCUT2D eigenvalue weighted by molar-refractivity contribution is -0.142. The van der Waals surface area contributed by atoms with Crippen molar-refractivity contribution in [2.45, 2.75) is 55.3 Å². The van der Waals surface area contributed by atoms with Gasteiger partial charge in [-0.2, -0.15) is 0 Å². The molecule has 9 nitrogen and oxygen atoms in total. The molecule has 1 amide bonds. The highest BCUT2D eigenvalue weighted by atomic mass is 32.2. The molecule has 2 aliphatic heterocycles. The molecule has 184 valence electrons. The van der Waals surface area contributed by atoms with Crippen LogP contribution in [0.2, 0.25) is 0 Å². The standard InChI is InChI=1S/C24H30N2O7S/c1-3-9-25-23(28)13-17-12-20-19-10-15(7-8-21(19)33-24(20)22(14-27)32-17)26-34(29,30)18-6-4-5-16(11-18)31-2/h4-8,10-11,17,20,22,24,26-27H,3,9,12-14H2,1-2H3,(H,25,28)/t17-,20-,22+,24+/m1/s1. The Balaban J connectivity index is 1.54. The predicted octanol–water partition coefficient (Wildman–Crippen LogP) is 2.41. The van der Waals surface area contributed by atoms with Gasteiger partial charge in [0, 0.05) is 29.8 Å². The Morgan fingerprint density at radius 3 is 2.79 bits per heavy atom. The van der Waals surface area contributed by atoms with Crippen LogP contribution < -0.4 is 19.5 Å². The molecule has 0 radical (unpaired) electrons. The van der Waals surface area contributed by atoms with E-state index in [-0.39, 0.29) is 35.9 Å². The number of sulfonamides is 1. The maximum Gasteiger partial charge on any atom is 0.262 e. The van der Waals surface area contributed by atoms with Crippen molar-refractivity contribution in [3.63, 3.8) is 0 Å². The molecule has 1 saturated heterocycles. The topological polar surface area (TPSA) is 123 Å². The molecule has 4 rings (SSSR count). The van der Waals surface area contributed by atoms with Crippen LogP contribution in [0.5, 0.6) is 11.5 Å². The largest absolute Gasteiger partial charge is 0.497 e. The third-order valence-electron chi connectivity index (χ3n) is 6.09. The lowest BCUT2D eigenvalue weighted by Crippen LogP contribution is -2.47. The quantitative estimate of drug-likeness (QED) is 0.493. The number of carbonyl (C=O) groups is 1. The van der Waals surface area contributed by atoms with Gasteiger partial charge in [-0.1, -0.05) is 13.0 Å². The van der Waals surface area contributed by atoms with Gasteiger partial charge < -0.3 is 24.6 Å². The van der Waals surface area contributed by atoms with Crippen LogP contribution in [0.1, 0.15) is 37.7 Å². The van der Waals surface area contributed by atoms with E-state index in [0.717, 1.165) is 12.0 Å². The first-order chi connectivity index (χ1) is 16.3. The van der Waals surface area contributed by atoms with Crippen LogP contribution in [-0.2, 0) is 19.6 Å². The molecule has 0 aromatic heterocycles. The lowest BCUT2D eigenvalue weighted by Gasteiger charge is -2.37. The zero-order valence-electron chi connectivity index (χ0n) is 19.2. The molecule has 10 heteroatoms. The number of nitrogens with one attached hydrogen (secondary N) is 2. The minimum atomic E-state index is -3.83. The van der Waals surface area contributed by atoms with E-state index in [0.29, 0.717) is 30.2 Å². The van der Waals surface area contributed by atoms with Crippen LogP contribution in [0.4, 0.5) is 5.69 Å². The molecule has 0 spiro atoms. The summed E-state index contributed by atoms with van der Waals surface area (Å²) in [7, 11) is -2.36. The number of benzene rings is 2. The predicted molar refractivity (Wildman–Crippen MR) is 126 cm³/mol. The second-order valence-corrected chi connectivity index (χ2v) is 10.2. The van der Waals surface area contributed by atoms with Gasteiger partial charge >= 0.3 is 0 Å². The molecule has 0 bridgehead atoms. The molecule has 2 aromatic carbocycles. The Labute approximate surface area is 199 Å². The van der Waals surface area contributed by atoms with Crippen molar-refractivity contribution in [1.82, 2.24) is 5.32 Å². The van der Waals surface area contributed by atoms with Gasteiger partial charge in [-0.15, -0.1) is 0 Å². The molecule has 4 atom stereocenters. The average Bonchev–Trinajstić information content (AvgIpc) is 3.20. The van der Waals surface area contributed by atoms with Crippen molar-refractivity contribution < 1.29 is 32.5 Å². The van der Waals surface area contributed by atoms with Crippen LogP contribution in [-0.4, -0.2) is 58.0 Å². The van der Waals surface area contributed by atoms with E-state index in [4.69, 9.17) is 14.2 Å². The summed E-state index contributed by atoms with van der Waals surface area (Å²) in [6.45, 7) is 2.35. The van der Waals surface area contributed by atoms with E-state index < -0.39 is 22.2 Å². The molecule has 34 heavy (non-hydrogen) atoms. The number of hydrogen-bond donors (Lipinski definition) is 3. The highest BCUT2D eigenvalue weighted by Gasteiger charge is 2.46. The van der Waals surface area contributed by atoms with Crippen LogP contribution >= 0.6 is 0 Å². The van der Waals surface area contributed by atoms with Crippen LogP contribution in [0.3, 0.4) is 0 Å². The van der Waals surface area contributed by atoms with Crippen LogP contribution in [0.15, 0.2) is 47.4 Å². The van der Waals surface area contributed by atoms with Crippen LogP contribution in [0.25, 0.3) is 0 Å². The maximum absolute atomic E-state index is 12.9. The summed E-state index contributed by atoms with van der Waals surface area (Å²) >= 11 is 0. The van der Waals surface area contributed by atoms with E-state index in [1.807, 2.05) is 6.92 Å². The van der Waals surface area contributed by atoms with Gasteiger partial charge in [0.2, 0.25) is 5.91 Å². The fourth-order valence-electron chi connectivity index (χ4n) is 4.48. The first-order valence-corrected chi connectivity index (χ1v) is 12.8. The number of fused-ring (bicyclic) bond motifs is 3. The van der Waals surface area contributed by atoms with E-state index in [1.165, 1.54) is 19.2 Å². The van der Waals surface area contributed by atoms with Gasteiger partial charge in [-0.05, 0) is 43.2 Å². The fraction of sp³-hybridized carbons (Fsp3) is 0.458. The smallest absolute Gasteiger partial charge is 0.262 e. The monoisotopic (exact) mass is 490 g/mol. The molecule has 0 aliphatic carbocycles. The SMILES string of the molecule is CCCNC(=O)C[C@H]1C[C@@H]2c3cc(NS(=O)(=O)c4cccc(OC)c4)ccc3O[C@@H]2[C@H](CO)O1. The number of aliphatic hydroxyl groups excluding tert-OH is 1. The van der Waals surface area contributed by atoms with E-state index in [1.54, 1.807) is 30.3 Å². The minimum absolute atomic E-state index is 0.0889. The number of ether oxygens (including phenoxy) is 3. The molecule has 2 heterocycles. The van der Waals surface area contributed by atoms with Gasteiger partial charge in [-0.3, -0.25) is 9.52 Å². The number of carbonyl (C=O) groups excluding carboxylic acids is 1. The van der Waals surface area contributed by atoms with Crippen molar-refractivity contribution in [3.8, 4) is 11.5 Å². The summed E-state index contributed by atoms with van der Waals surface area (Å²) in [6, 6.07) is 11.3. The fourth-order valence-corrected chi connectivity index (χ4v) is 5.56. The Morgan fingerprint density at radius 1 is 1.24 bits per heavy atom. The Kier molecular flexibility index (Phi) is 7.30. The Hall–Kier alpha value is -2.82. The molecule has 0 saturated carbocycles. The third kappa shape index (κ3) is 5.13. The van der Waals surface area contributed by atoms with Crippen molar-refractivity contribution >= 4 is 21.6 Å². The summed E-state index contributed by atoms with van der Waals surface area (Å²) in [5, 5.41) is 12.7. The number of methoxy groups -OCH3 is 1. The normalized spacial score (nSPS) is 23.4. The van der Waals surface area contributed by atoms with Gasteiger partial charge in [0.05, 0.1) is 31.1 Å². The molecule has 1 fully saturated rings. The van der Waals surface area contributed by atoms with Crippen molar-refractivity contribution in [3.05, 3.63) is 48.0 Å². The molecule has 0 unspecified atom stereocenters. The number of amides is 1. The number of rotatable bonds is 9. The highest BCUT2D eigenvalue weighted by molar-refractivity contribution is 7.92. The first-order valence-electron chi connectivity index (χ1n) is 11.3. The number of hydrogen-bond acceptors (Lipinski definition) is 7. The third-order valence-corrected chi connectivity index (χ3v) is 7.47. The summed E-state index contributed by atoms with van der Waals surface area (Å²) in [5.74, 6) is 0.837. The van der Waals surface area contributed by atoms with E-state index >= 15 is 0 Å². The number of aliphatic hydroxyl groups is 1. The molecule has 2 aromatic rings. The average molecular weight is 491 g/mol. The molecule has 3 N–H and O–H groups in total. The molecular formula is C24H30N2O7S. The molecule has 2 aliphatic rings. The Morgan fingerprint density at radius 2 is 2.06 bits per heavy atom. The van der Waals surface area contributed by atoms with Crippen molar-refractivity contribution in [2.24, 2.45) is 0 Å². The summed E-state index contributed by atoms with van der Waals surface area (Å²) in [5.41, 5.74) is 1.23. The van der Waals surface area contributed by atoms with Crippen molar-refractivity contribution in [2.75, 3.05) is 25.0 Å². The zero-order chi connectivity index (χ0) is 24.3. The van der Waals surface area contributed by atoms with E-state index in [2.05, 4.69) is 10.0 Å². The Bertz CT molecular complexity index is 1140. The lowest BCUT2D eigenvalue weighted by atomic mass is 9.84. The molecular weight excluding hydrogens is 460 g/mol. The second kappa shape index (κ2) is 10.2. The maximum atomic E-state index is 12.9. The summed E-state index contributed by atoms with van der Waals surface area (Å²) < 4.78 is 45.6. The van der Waals surface area contributed by atoms with Crippen LogP contribution in [0, 0.1) is 0 Å². The summed E-state index contributed by atoms with van der Waals surface area (Å²) in [6.07, 6.45) is 0.211. The van der Waals surface area contributed by atoms with E-state index in [9.17, 15) is 18.3 Å². The van der Waals surface area contributed by atoms with Gasteiger partial charge in [-0.25, -0.2) is 8.42 Å². The van der Waals surface area contributed by atoms with Gasteiger partial charge in [0.15, 0.2) is 0 Å². The van der Waals surface area contributed by atoms with Gasteiger partial charge in [0.25, 0.3) is 10.0 Å². The zero-order valence-corrected chi connectivity index (χ0v) is 20.0.